The molecule has 0 aliphatic heterocycles. The summed E-state index contributed by atoms with van der Waals surface area (Å²) < 4.78 is 2.54. The predicted molar refractivity (Wildman–Crippen MR) is 76.1 cm³/mol. The lowest BCUT2D eigenvalue weighted by Crippen LogP contribution is -2.27. The first kappa shape index (κ1) is 12.8. The lowest BCUT2D eigenvalue weighted by molar-refractivity contribution is 0.0953. The molecule has 0 fully saturated rings. The van der Waals surface area contributed by atoms with Crippen molar-refractivity contribution in [3.8, 4) is 0 Å². The van der Waals surface area contributed by atoms with E-state index < -0.39 is 0 Å². The summed E-state index contributed by atoms with van der Waals surface area (Å²) >= 11 is 3.36. The second-order valence-corrected chi connectivity index (χ2v) is 5.09. The van der Waals surface area contributed by atoms with Crippen LogP contribution in [0.2, 0.25) is 0 Å². The van der Waals surface area contributed by atoms with Crippen LogP contribution < -0.4 is 5.32 Å². The van der Waals surface area contributed by atoms with Crippen molar-refractivity contribution < 1.29 is 4.79 Å². The van der Waals surface area contributed by atoms with Crippen LogP contribution in [0.3, 0.4) is 0 Å². The van der Waals surface area contributed by atoms with Gasteiger partial charge >= 0.3 is 0 Å². The van der Waals surface area contributed by atoms with Crippen molar-refractivity contribution in [2.45, 2.75) is 6.54 Å². The van der Waals surface area contributed by atoms with Gasteiger partial charge in [-0.1, -0.05) is 15.9 Å². The monoisotopic (exact) mass is 334 g/mol. The zero-order chi connectivity index (χ0) is 13.9. The minimum atomic E-state index is -0.183. The lowest BCUT2D eigenvalue weighted by Gasteiger charge is -2.06. The number of carbonyl (C=O) groups excluding carboxylic acids is 1. The number of aromatic amines is 1. The molecule has 102 valence electrons. The number of H-pyrrole nitrogens is 1. The number of hydrogen-bond acceptors (Lipinski definition) is 4. The number of nitrogens with one attached hydrogen (secondary N) is 2. The number of fused-ring (bicyclic) bond motifs is 1. The van der Waals surface area contributed by atoms with Gasteiger partial charge in [0.05, 0.1) is 12.1 Å². The molecule has 0 unspecified atom stereocenters. The molecule has 20 heavy (non-hydrogen) atoms. The Bertz CT molecular complexity index is 736. The molecule has 0 saturated carbocycles. The summed E-state index contributed by atoms with van der Waals surface area (Å²) in [4.78, 5) is 12.2. The topological polar surface area (TPSA) is 88.5 Å². The van der Waals surface area contributed by atoms with Crippen molar-refractivity contribution >= 4 is 32.9 Å². The largest absolute Gasteiger partial charge is 0.350 e. The minimum absolute atomic E-state index is 0.183. The van der Waals surface area contributed by atoms with Crippen LogP contribution in [0.1, 0.15) is 10.4 Å². The SMILES string of the molecule is O=C(NCCn1cccn1)c1cc(Br)cc2n[nH]nc12. The normalized spacial score (nSPS) is 10.8. The number of amides is 1. The fourth-order valence-electron chi connectivity index (χ4n) is 1.90. The molecular formula is C12H11BrN6O. The Labute approximate surface area is 122 Å². The van der Waals surface area contributed by atoms with Gasteiger partial charge in [0.25, 0.3) is 5.91 Å². The highest BCUT2D eigenvalue weighted by Crippen LogP contribution is 2.20. The molecule has 3 rings (SSSR count). The van der Waals surface area contributed by atoms with E-state index in [2.05, 4.69) is 41.8 Å². The zero-order valence-electron chi connectivity index (χ0n) is 10.4. The Kier molecular flexibility index (Phi) is 3.46. The van der Waals surface area contributed by atoms with Crippen LogP contribution in [-0.4, -0.2) is 37.6 Å². The van der Waals surface area contributed by atoms with Gasteiger partial charge in [-0.3, -0.25) is 9.48 Å². The van der Waals surface area contributed by atoms with Crippen molar-refractivity contribution in [3.63, 3.8) is 0 Å². The molecule has 0 atom stereocenters. The van der Waals surface area contributed by atoms with Crippen LogP contribution in [-0.2, 0) is 6.54 Å². The fraction of sp³-hybridized carbons (Fsp3) is 0.167. The number of aromatic nitrogens is 5. The Morgan fingerprint density at radius 3 is 3.10 bits per heavy atom. The second kappa shape index (κ2) is 5.41. The summed E-state index contributed by atoms with van der Waals surface area (Å²) in [5.74, 6) is -0.183. The molecule has 3 aromatic rings. The molecule has 7 nitrogen and oxygen atoms in total. The smallest absolute Gasteiger partial charge is 0.253 e. The maximum Gasteiger partial charge on any atom is 0.253 e. The average Bonchev–Trinajstić information content (AvgIpc) is 3.08. The number of carbonyl (C=O) groups is 1. The lowest BCUT2D eigenvalue weighted by atomic mass is 10.1. The molecule has 1 aromatic carbocycles. The van der Waals surface area contributed by atoms with Crippen molar-refractivity contribution in [1.82, 2.24) is 30.5 Å². The molecular weight excluding hydrogens is 324 g/mol. The summed E-state index contributed by atoms with van der Waals surface area (Å²) in [6.45, 7) is 1.11. The summed E-state index contributed by atoms with van der Waals surface area (Å²) in [7, 11) is 0. The number of hydrogen-bond donors (Lipinski definition) is 2. The van der Waals surface area contributed by atoms with E-state index in [9.17, 15) is 4.79 Å². The Morgan fingerprint density at radius 1 is 1.40 bits per heavy atom. The van der Waals surface area contributed by atoms with Crippen LogP contribution >= 0.6 is 15.9 Å². The van der Waals surface area contributed by atoms with E-state index in [0.717, 1.165) is 4.47 Å². The fourth-order valence-corrected chi connectivity index (χ4v) is 2.35. The van der Waals surface area contributed by atoms with Crippen LogP contribution in [0, 0.1) is 0 Å². The first-order valence-corrected chi connectivity index (χ1v) is 6.79. The Hall–Kier alpha value is -2.22. The van der Waals surface area contributed by atoms with Crippen molar-refractivity contribution in [3.05, 3.63) is 40.6 Å². The van der Waals surface area contributed by atoms with Crippen LogP contribution in [0.4, 0.5) is 0 Å². The van der Waals surface area contributed by atoms with Gasteiger partial charge in [-0.15, -0.1) is 0 Å². The minimum Gasteiger partial charge on any atom is -0.350 e. The van der Waals surface area contributed by atoms with Crippen LogP contribution in [0.5, 0.6) is 0 Å². The highest BCUT2D eigenvalue weighted by atomic mass is 79.9. The van der Waals surface area contributed by atoms with Crippen molar-refractivity contribution in [2.24, 2.45) is 0 Å². The molecule has 8 heteroatoms. The third-order valence-electron chi connectivity index (χ3n) is 2.82. The summed E-state index contributed by atoms with van der Waals surface area (Å²) in [6, 6.07) is 5.38. The molecule has 0 saturated heterocycles. The van der Waals surface area contributed by atoms with Crippen LogP contribution in [0.15, 0.2) is 35.1 Å². The first-order chi connectivity index (χ1) is 9.74. The molecule has 2 aromatic heterocycles. The first-order valence-electron chi connectivity index (χ1n) is 6.00. The Balaban J connectivity index is 1.73. The third kappa shape index (κ3) is 2.55. The molecule has 0 aliphatic rings. The molecule has 2 N–H and O–H groups in total. The van der Waals surface area contributed by atoms with Gasteiger partial charge in [0.1, 0.15) is 11.0 Å². The van der Waals surface area contributed by atoms with Gasteiger partial charge in [-0.25, -0.2) is 0 Å². The quantitative estimate of drug-likeness (QED) is 0.753. The molecule has 0 radical (unpaired) electrons. The van der Waals surface area contributed by atoms with E-state index >= 15 is 0 Å². The molecule has 0 aliphatic carbocycles. The number of nitrogens with zero attached hydrogens (tertiary/aromatic N) is 4. The van der Waals surface area contributed by atoms with E-state index in [0.29, 0.717) is 29.7 Å². The van der Waals surface area contributed by atoms with E-state index in [-0.39, 0.29) is 5.91 Å². The highest BCUT2D eigenvalue weighted by molar-refractivity contribution is 9.10. The van der Waals surface area contributed by atoms with E-state index in [1.165, 1.54) is 0 Å². The molecule has 2 heterocycles. The number of halogens is 1. The third-order valence-corrected chi connectivity index (χ3v) is 3.27. The molecule has 1 amide bonds. The molecule has 0 bridgehead atoms. The summed E-state index contributed by atoms with van der Waals surface area (Å²) in [5.41, 5.74) is 1.70. The zero-order valence-corrected chi connectivity index (χ0v) is 12.0. The van der Waals surface area contributed by atoms with E-state index in [1.54, 1.807) is 23.0 Å². The average molecular weight is 335 g/mol. The number of rotatable bonds is 4. The molecule has 0 spiro atoms. The standard InChI is InChI=1S/C12H11BrN6O/c13-8-6-9(11-10(7-8)16-18-17-11)12(20)14-3-5-19-4-1-2-15-19/h1-2,4,6-7H,3,5H2,(H,14,20)(H,16,17,18). The van der Waals surface area contributed by atoms with Crippen molar-refractivity contribution in [1.29, 1.82) is 0 Å². The van der Waals surface area contributed by atoms with Gasteiger partial charge in [0.2, 0.25) is 0 Å². The summed E-state index contributed by atoms with van der Waals surface area (Å²) in [6.07, 6.45) is 3.55. The maximum absolute atomic E-state index is 12.2. The van der Waals surface area contributed by atoms with Crippen molar-refractivity contribution in [2.75, 3.05) is 6.54 Å². The van der Waals surface area contributed by atoms with Gasteiger partial charge in [0.15, 0.2) is 0 Å². The van der Waals surface area contributed by atoms with Gasteiger partial charge in [0, 0.05) is 23.4 Å². The Morgan fingerprint density at radius 2 is 2.30 bits per heavy atom. The van der Waals surface area contributed by atoms with Gasteiger partial charge < -0.3 is 5.32 Å². The van der Waals surface area contributed by atoms with E-state index in [1.807, 2.05) is 12.3 Å². The predicted octanol–water partition coefficient (Wildman–Crippen LogP) is 1.35. The van der Waals surface area contributed by atoms with Gasteiger partial charge in [-0.2, -0.15) is 20.5 Å². The summed E-state index contributed by atoms with van der Waals surface area (Å²) in [5, 5.41) is 17.4. The highest BCUT2D eigenvalue weighted by Gasteiger charge is 2.13. The number of benzene rings is 1. The van der Waals surface area contributed by atoms with E-state index in [4.69, 9.17) is 0 Å². The maximum atomic E-state index is 12.2. The van der Waals surface area contributed by atoms with Crippen LogP contribution in [0.25, 0.3) is 11.0 Å². The van der Waals surface area contributed by atoms with Gasteiger partial charge in [-0.05, 0) is 18.2 Å². The second-order valence-electron chi connectivity index (χ2n) is 4.17.